The summed E-state index contributed by atoms with van der Waals surface area (Å²) in [6, 6.07) is 0. The fourth-order valence-corrected chi connectivity index (χ4v) is 0.689. The predicted octanol–water partition coefficient (Wildman–Crippen LogP) is 3.10. The van der Waals surface area contributed by atoms with E-state index in [4.69, 9.17) is 4.74 Å². The highest BCUT2D eigenvalue weighted by Gasteiger charge is 1.93. The minimum atomic E-state index is 0.597. The van der Waals surface area contributed by atoms with Crippen molar-refractivity contribution in [3.8, 4) is 0 Å². The van der Waals surface area contributed by atoms with Gasteiger partial charge in [-0.05, 0) is 25.3 Å². The molecule has 0 aliphatic carbocycles. The van der Waals surface area contributed by atoms with E-state index in [0.29, 0.717) is 5.92 Å². The summed E-state index contributed by atoms with van der Waals surface area (Å²) in [5.74, 6) is 1.53. The Morgan fingerprint density at radius 1 is 1.70 bits per heavy atom. The summed E-state index contributed by atoms with van der Waals surface area (Å²) in [6.07, 6.45) is 4.70. The molecule has 1 atom stereocenters. The average molecular weight is 140 g/mol. The van der Waals surface area contributed by atoms with Gasteiger partial charge < -0.3 is 4.74 Å². The molecule has 0 radical (unpaired) electrons. The minimum Gasteiger partial charge on any atom is -0.471 e. The fourth-order valence-electron chi connectivity index (χ4n) is 0.689. The van der Waals surface area contributed by atoms with Crippen LogP contribution in [0.25, 0.3) is 0 Å². The average Bonchev–Trinajstić information content (AvgIpc) is 1.88. The highest BCUT2D eigenvalue weighted by atomic mass is 16.5. The molecule has 0 rings (SSSR count). The van der Waals surface area contributed by atoms with E-state index < -0.39 is 0 Å². The number of ether oxygens (including phenoxy) is 1. The van der Waals surface area contributed by atoms with Gasteiger partial charge in [0.2, 0.25) is 0 Å². The Kier molecular flexibility index (Phi) is 4.73. The molecule has 0 saturated carbocycles. The summed E-state index contributed by atoms with van der Waals surface area (Å²) < 4.78 is 5.04. The molecular weight excluding hydrogens is 124 g/mol. The smallest absolute Gasteiger partial charge is 0.0963 e. The van der Waals surface area contributed by atoms with Gasteiger partial charge in [0.1, 0.15) is 0 Å². The van der Waals surface area contributed by atoms with Gasteiger partial charge in [-0.1, -0.05) is 20.4 Å². The lowest BCUT2D eigenvalue weighted by Crippen LogP contribution is -1.88. The lowest BCUT2D eigenvalue weighted by Gasteiger charge is -2.03. The number of hydrogen-bond acceptors (Lipinski definition) is 1. The molecule has 0 aromatic carbocycles. The second kappa shape index (κ2) is 5.10. The van der Waals surface area contributed by atoms with E-state index >= 15 is 0 Å². The Hall–Kier alpha value is -0.720. The van der Waals surface area contributed by atoms with Crippen LogP contribution in [0, 0.1) is 5.92 Å². The third-order valence-electron chi connectivity index (χ3n) is 1.43. The van der Waals surface area contributed by atoms with Gasteiger partial charge in [-0.2, -0.15) is 0 Å². The molecule has 0 aromatic heterocycles. The topological polar surface area (TPSA) is 9.23 Å². The van der Waals surface area contributed by atoms with Gasteiger partial charge in [0, 0.05) is 0 Å². The maximum Gasteiger partial charge on any atom is 0.0963 e. The van der Waals surface area contributed by atoms with E-state index in [-0.39, 0.29) is 0 Å². The van der Waals surface area contributed by atoms with Crippen molar-refractivity contribution in [2.24, 2.45) is 5.92 Å². The maximum atomic E-state index is 5.04. The van der Waals surface area contributed by atoms with Crippen molar-refractivity contribution in [1.29, 1.82) is 0 Å². The van der Waals surface area contributed by atoms with Gasteiger partial charge in [-0.25, -0.2) is 0 Å². The van der Waals surface area contributed by atoms with Crippen molar-refractivity contribution in [3.63, 3.8) is 0 Å². The number of allylic oxidation sites excluding steroid dienone is 2. The molecule has 0 bridgehead atoms. The van der Waals surface area contributed by atoms with Gasteiger partial charge in [0.05, 0.1) is 12.0 Å². The Balaban J connectivity index is 3.76. The van der Waals surface area contributed by atoms with Crippen molar-refractivity contribution in [2.75, 3.05) is 0 Å². The van der Waals surface area contributed by atoms with Crippen molar-refractivity contribution >= 4 is 0 Å². The summed E-state index contributed by atoms with van der Waals surface area (Å²) in [7, 11) is 0. The molecule has 0 aromatic rings. The largest absolute Gasteiger partial charge is 0.471 e. The molecule has 10 heavy (non-hydrogen) atoms. The van der Waals surface area contributed by atoms with Gasteiger partial charge in [-0.3, -0.25) is 0 Å². The molecule has 0 spiro atoms. The first-order valence-corrected chi connectivity index (χ1v) is 3.66. The molecule has 0 aliphatic heterocycles. The second-order valence-electron chi connectivity index (χ2n) is 2.45. The highest BCUT2D eigenvalue weighted by Crippen LogP contribution is 2.07. The molecule has 0 fully saturated rings. The SMILES string of the molecule is C=CO/C(C)=C\C(C)CC. The van der Waals surface area contributed by atoms with Crippen LogP contribution in [0.4, 0.5) is 0 Å². The zero-order chi connectivity index (χ0) is 7.98. The van der Waals surface area contributed by atoms with Crippen LogP contribution in [0.15, 0.2) is 24.7 Å². The maximum absolute atomic E-state index is 5.04. The summed E-state index contributed by atoms with van der Waals surface area (Å²) in [4.78, 5) is 0. The molecule has 1 heteroatoms. The van der Waals surface area contributed by atoms with Crippen LogP contribution < -0.4 is 0 Å². The Morgan fingerprint density at radius 2 is 2.30 bits per heavy atom. The van der Waals surface area contributed by atoms with Crippen LogP contribution in [0.2, 0.25) is 0 Å². The number of hydrogen-bond donors (Lipinski definition) is 0. The van der Waals surface area contributed by atoms with Crippen molar-refractivity contribution in [2.45, 2.75) is 27.2 Å². The van der Waals surface area contributed by atoms with E-state index in [0.717, 1.165) is 12.2 Å². The van der Waals surface area contributed by atoms with Crippen molar-refractivity contribution in [3.05, 3.63) is 24.7 Å². The molecule has 58 valence electrons. The van der Waals surface area contributed by atoms with Gasteiger partial charge in [-0.15, -0.1) is 0 Å². The summed E-state index contributed by atoms with van der Waals surface area (Å²) in [5.41, 5.74) is 0. The predicted molar refractivity (Wildman–Crippen MR) is 44.5 cm³/mol. The van der Waals surface area contributed by atoms with Crippen LogP contribution in [-0.2, 0) is 4.74 Å². The number of rotatable bonds is 4. The third-order valence-corrected chi connectivity index (χ3v) is 1.43. The quantitative estimate of drug-likeness (QED) is 0.545. The van der Waals surface area contributed by atoms with E-state index in [9.17, 15) is 0 Å². The fraction of sp³-hybridized carbons (Fsp3) is 0.556. The molecular formula is C9H16O. The van der Waals surface area contributed by atoms with Crippen LogP contribution in [0.1, 0.15) is 27.2 Å². The van der Waals surface area contributed by atoms with Crippen LogP contribution in [0.5, 0.6) is 0 Å². The summed E-state index contributed by atoms with van der Waals surface area (Å²) in [5, 5.41) is 0. The van der Waals surface area contributed by atoms with E-state index in [1.165, 1.54) is 6.26 Å². The van der Waals surface area contributed by atoms with Gasteiger partial charge in [0.25, 0.3) is 0 Å². The van der Waals surface area contributed by atoms with Crippen LogP contribution >= 0.6 is 0 Å². The molecule has 1 nitrogen and oxygen atoms in total. The van der Waals surface area contributed by atoms with Gasteiger partial charge in [0.15, 0.2) is 0 Å². The molecule has 0 amide bonds. The van der Waals surface area contributed by atoms with Crippen molar-refractivity contribution < 1.29 is 4.74 Å². The standard InChI is InChI=1S/C9H16O/c1-5-8(3)7-9(4)10-6-2/h6-8H,2,5H2,1,3-4H3/b9-7-. The Labute approximate surface area is 63.4 Å². The monoisotopic (exact) mass is 140 g/mol. The minimum absolute atomic E-state index is 0.597. The second-order valence-corrected chi connectivity index (χ2v) is 2.45. The molecule has 1 unspecified atom stereocenters. The van der Waals surface area contributed by atoms with Crippen LogP contribution in [-0.4, -0.2) is 0 Å². The first-order chi connectivity index (χ1) is 4.70. The highest BCUT2D eigenvalue weighted by molar-refractivity contribution is 4.92. The van der Waals surface area contributed by atoms with E-state index in [2.05, 4.69) is 26.5 Å². The third kappa shape index (κ3) is 4.19. The molecule has 0 heterocycles. The first kappa shape index (κ1) is 9.28. The lowest BCUT2D eigenvalue weighted by molar-refractivity contribution is 0.349. The molecule has 0 saturated heterocycles. The Bertz CT molecular complexity index is 125. The molecule has 0 N–H and O–H groups in total. The van der Waals surface area contributed by atoms with E-state index in [1.54, 1.807) is 0 Å². The zero-order valence-electron chi connectivity index (χ0n) is 7.05. The zero-order valence-corrected chi connectivity index (χ0v) is 7.05. The van der Waals surface area contributed by atoms with Crippen molar-refractivity contribution in [1.82, 2.24) is 0 Å². The summed E-state index contributed by atoms with van der Waals surface area (Å²) in [6.45, 7) is 9.73. The van der Waals surface area contributed by atoms with E-state index in [1.807, 2.05) is 6.92 Å². The molecule has 0 aliphatic rings. The first-order valence-electron chi connectivity index (χ1n) is 3.66. The Morgan fingerprint density at radius 3 is 2.70 bits per heavy atom. The normalized spacial score (nSPS) is 14.5. The summed E-state index contributed by atoms with van der Waals surface area (Å²) >= 11 is 0. The van der Waals surface area contributed by atoms with Crippen LogP contribution in [0.3, 0.4) is 0 Å². The lowest BCUT2D eigenvalue weighted by atomic mass is 10.1. The van der Waals surface area contributed by atoms with Gasteiger partial charge >= 0.3 is 0 Å².